The smallest absolute Gasteiger partial charge is 0.0571 e. The van der Waals surface area contributed by atoms with E-state index in [0.29, 0.717) is 5.92 Å². The minimum Gasteiger partial charge on any atom is -0.393 e. The summed E-state index contributed by atoms with van der Waals surface area (Å²) in [6.07, 6.45) is 7.48. The zero-order chi connectivity index (χ0) is 7.40. The van der Waals surface area contributed by atoms with Gasteiger partial charge in [-0.3, -0.25) is 0 Å². The molecule has 10 heavy (non-hydrogen) atoms. The molecule has 0 saturated heterocycles. The van der Waals surface area contributed by atoms with Crippen LogP contribution in [0.4, 0.5) is 0 Å². The molecule has 0 aliphatic heterocycles. The first-order valence-corrected chi connectivity index (χ1v) is 4.13. The lowest BCUT2D eigenvalue weighted by Gasteiger charge is -2.29. The molecule has 0 aromatic heterocycles. The lowest BCUT2D eigenvalue weighted by atomic mass is 9.80. The summed E-state index contributed by atoms with van der Waals surface area (Å²) < 4.78 is 0. The standard InChI is InChI=1S/C9H16O/c1-2-3-7-9(10)8-5-4-6-8/h2,8-10H,1,3-7H2/t9-/m1/s1. The molecular weight excluding hydrogens is 124 g/mol. The lowest BCUT2D eigenvalue weighted by Crippen LogP contribution is -2.26. The van der Waals surface area contributed by atoms with Crippen LogP contribution >= 0.6 is 0 Å². The first-order valence-electron chi connectivity index (χ1n) is 4.13. The van der Waals surface area contributed by atoms with Gasteiger partial charge in [0.25, 0.3) is 0 Å². The van der Waals surface area contributed by atoms with Gasteiger partial charge in [0.2, 0.25) is 0 Å². The first kappa shape index (κ1) is 7.80. The molecule has 1 fully saturated rings. The molecule has 1 aliphatic carbocycles. The van der Waals surface area contributed by atoms with Gasteiger partial charge in [-0.25, -0.2) is 0 Å². The van der Waals surface area contributed by atoms with Crippen molar-refractivity contribution in [2.45, 2.75) is 38.2 Å². The Hall–Kier alpha value is -0.300. The van der Waals surface area contributed by atoms with Crippen molar-refractivity contribution in [1.82, 2.24) is 0 Å². The molecule has 1 atom stereocenters. The Balaban J connectivity index is 2.07. The van der Waals surface area contributed by atoms with E-state index in [-0.39, 0.29) is 6.10 Å². The van der Waals surface area contributed by atoms with Crippen molar-refractivity contribution in [3.8, 4) is 0 Å². The van der Waals surface area contributed by atoms with Gasteiger partial charge in [0, 0.05) is 0 Å². The van der Waals surface area contributed by atoms with Crippen LogP contribution in [0.3, 0.4) is 0 Å². The van der Waals surface area contributed by atoms with E-state index < -0.39 is 0 Å². The summed E-state index contributed by atoms with van der Waals surface area (Å²) in [4.78, 5) is 0. The van der Waals surface area contributed by atoms with E-state index >= 15 is 0 Å². The molecule has 1 nitrogen and oxygen atoms in total. The van der Waals surface area contributed by atoms with E-state index in [4.69, 9.17) is 0 Å². The molecule has 1 heteroatoms. The Labute approximate surface area is 62.8 Å². The first-order chi connectivity index (χ1) is 4.84. The molecule has 0 unspecified atom stereocenters. The summed E-state index contributed by atoms with van der Waals surface area (Å²) in [5.74, 6) is 0.611. The van der Waals surface area contributed by atoms with Crippen molar-refractivity contribution < 1.29 is 5.11 Å². The van der Waals surface area contributed by atoms with Crippen molar-refractivity contribution in [3.05, 3.63) is 12.7 Å². The molecule has 1 rings (SSSR count). The van der Waals surface area contributed by atoms with Gasteiger partial charge in [-0.1, -0.05) is 12.5 Å². The average molecular weight is 140 g/mol. The highest BCUT2D eigenvalue weighted by Crippen LogP contribution is 2.31. The Morgan fingerprint density at radius 3 is 2.70 bits per heavy atom. The summed E-state index contributed by atoms with van der Waals surface area (Å²) in [5.41, 5.74) is 0. The average Bonchev–Trinajstić information content (AvgIpc) is 1.79. The SMILES string of the molecule is C=CCC[C@@H](O)C1CCC1. The maximum Gasteiger partial charge on any atom is 0.0571 e. The summed E-state index contributed by atoms with van der Waals surface area (Å²) in [6, 6.07) is 0. The molecule has 0 aromatic rings. The maximum absolute atomic E-state index is 9.45. The van der Waals surface area contributed by atoms with Crippen molar-refractivity contribution in [3.63, 3.8) is 0 Å². The number of allylic oxidation sites excluding steroid dienone is 1. The van der Waals surface area contributed by atoms with E-state index in [0.717, 1.165) is 12.8 Å². The van der Waals surface area contributed by atoms with Gasteiger partial charge < -0.3 is 5.11 Å². The highest BCUT2D eigenvalue weighted by molar-refractivity contribution is 4.79. The molecule has 1 aliphatic rings. The minimum absolute atomic E-state index is 0.0493. The normalized spacial score (nSPS) is 21.7. The van der Waals surface area contributed by atoms with Crippen LogP contribution < -0.4 is 0 Å². The van der Waals surface area contributed by atoms with Gasteiger partial charge in [-0.2, -0.15) is 0 Å². The van der Waals surface area contributed by atoms with Crippen LogP contribution in [0.15, 0.2) is 12.7 Å². The van der Waals surface area contributed by atoms with E-state index in [2.05, 4.69) is 6.58 Å². The molecule has 1 saturated carbocycles. The fourth-order valence-electron chi connectivity index (χ4n) is 1.35. The quantitative estimate of drug-likeness (QED) is 0.593. The highest BCUT2D eigenvalue weighted by atomic mass is 16.3. The number of rotatable bonds is 4. The summed E-state index contributed by atoms with van der Waals surface area (Å²) >= 11 is 0. The van der Waals surface area contributed by atoms with Crippen molar-refractivity contribution in [1.29, 1.82) is 0 Å². The third-order valence-corrected chi connectivity index (χ3v) is 2.36. The predicted octanol–water partition coefficient (Wildman–Crippen LogP) is 2.11. The summed E-state index contributed by atoms with van der Waals surface area (Å²) in [6.45, 7) is 3.62. The number of hydrogen-bond donors (Lipinski definition) is 1. The Morgan fingerprint density at radius 2 is 2.30 bits per heavy atom. The third-order valence-electron chi connectivity index (χ3n) is 2.36. The van der Waals surface area contributed by atoms with E-state index in [1.807, 2.05) is 6.08 Å². The van der Waals surface area contributed by atoms with Crippen LogP contribution in [0.5, 0.6) is 0 Å². The molecule has 58 valence electrons. The second-order valence-electron chi connectivity index (χ2n) is 3.12. The Bertz CT molecular complexity index is 105. The second-order valence-corrected chi connectivity index (χ2v) is 3.12. The monoisotopic (exact) mass is 140 g/mol. The number of aliphatic hydroxyl groups excluding tert-OH is 1. The predicted molar refractivity (Wildman–Crippen MR) is 42.8 cm³/mol. The zero-order valence-electron chi connectivity index (χ0n) is 6.42. The van der Waals surface area contributed by atoms with Gasteiger partial charge in [0.1, 0.15) is 0 Å². The Kier molecular flexibility index (Phi) is 2.94. The minimum atomic E-state index is -0.0493. The van der Waals surface area contributed by atoms with Crippen LogP contribution in [0.2, 0.25) is 0 Å². The molecule has 0 bridgehead atoms. The van der Waals surface area contributed by atoms with Crippen LogP contribution in [-0.2, 0) is 0 Å². The van der Waals surface area contributed by atoms with Gasteiger partial charge in [0.15, 0.2) is 0 Å². The summed E-state index contributed by atoms with van der Waals surface area (Å²) in [5, 5.41) is 9.45. The van der Waals surface area contributed by atoms with Crippen LogP contribution in [0, 0.1) is 5.92 Å². The summed E-state index contributed by atoms with van der Waals surface area (Å²) in [7, 11) is 0. The van der Waals surface area contributed by atoms with Gasteiger partial charge >= 0.3 is 0 Å². The lowest BCUT2D eigenvalue weighted by molar-refractivity contribution is 0.0566. The molecule has 0 spiro atoms. The highest BCUT2D eigenvalue weighted by Gasteiger charge is 2.24. The molecular formula is C9H16O. The number of hydrogen-bond acceptors (Lipinski definition) is 1. The fourth-order valence-corrected chi connectivity index (χ4v) is 1.35. The fraction of sp³-hybridized carbons (Fsp3) is 0.778. The van der Waals surface area contributed by atoms with Gasteiger partial charge in [0.05, 0.1) is 6.10 Å². The molecule has 0 heterocycles. The van der Waals surface area contributed by atoms with Gasteiger partial charge in [-0.15, -0.1) is 6.58 Å². The van der Waals surface area contributed by atoms with Crippen molar-refractivity contribution in [2.75, 3.05) is 0 Å². The zero-order valence-corrected chi connectivity index (χ0v) is 6.42. The largest absolute Gasteiger partial charge is 0.393 e. The van der Waals surface area contributed by atoms with Crippen LogP contribution in [-0.4, -0.2) is 11.2 Å². The molecule has 0 amide bonds. The molecule has 0 radical (unpaired) electrons. The topological polar surface area (TPSA) is 20.2 Å². The van der Waals surface area contributed by atoms with E-state index in [9.17, 15) is 5.11 Å². The number of aliphatic hydroxyl groups is 1. The maximum atomic E-state index is 9.45. The van der Waals surface area contributed by atoms with Crippen molar-refractivity contribution >= 4 is 0 Å². The molecule has 1 N–H and O–H groups in total. The van der Waals surface area contributed by atoms with Crippen LogP contribution in [0.1, 0.15) is 32.1 Å². The van der Waals surface area contributed by atoms with Crippen LogP contribution in [0.25, 0.3) is 0 Å². The Morgan fingerprint density at radius 1 is 1.60 bits per heavy atom. The third kappa shape index (κ3) is 1.84. The van der Waals surface area contributed by atoms with E-state index in [1.54, 1.807) is 0 Å². The van der Waals surface area contributed by atoms with E-state index in [1.165, 1.54) is 19.3 Å². The van der Waals surface area contributed by atoms with Crippen molar-refractivity contribution in [2.24, 2.45) is 5.92 Å². The second kappa shape index (κ2) is 3.77. The van der Waals surface area contributed by atoms with Gasteiger partial charge in [-0.05, 0) is 31.6 Å². The molecule has 0 aromatic carbocycles.